The van der Waals surface area contributed by atoms with Crippen LogP contribution in [0.5, 0.6) is 0 Å². The Hall–Kier alpha value is -0.470. The minimum absolute atomic E-state index is 0.447. The van der Waals surface area contributed by atoms with Gasteiger partial charge in [-0.05, 0) is 43.7 Å². The van der Waals surface area contributed by atoms with Gasteiger partial charge in [-0.2, -0.15) is 0 Å². The lowest BCUT2D eigenvalue weighted by molar-refractivity contribution is 0.417. The van der Waals surface area contributed by atoms with Gasteiger partial charge in [0.15, 0.2) is 0 Å². The van der Waals surface area contributed by atoms with Crippen molar-refractivity contribution in [2.24, 2.45) is 0 Å². The molecule has 0 fully saturated rings. The molecule has 17 heavy (non-hydrogen) atoms. The third kappa shape index (κ3) is 4.72. The standard InChI is InChI=1S/C15H25NS/c1-5-7-14(6-2)16-12(3)13-8-10-15(17-4)11-9-13/h8-12,14,16H,5-7H2,1-4H3. The van der Waals surface area contributed by atoms with Crippen molar-refractivity contribution < 1.29 is 0 Å². The van der Waals surface area contributed by atoms with Crippen LogP contribution in [-0.4, -0.2) is 12.3 Å². The minimum Gasteiger partial charge on any atom is -0.307 e. The SMILES string of the molecule is CCCC(CC)NC(C)c1ccc(SC)cc1. The normalized spacial score (nSPS) is 14.6. The van der Waals surface area contributed by atoms with Gasteiger partial charge in [-0.3, -0.25) is 0 Å². The number of nitrogens with one attached hydrogen (secondary N) is 1. The zero-order valence-corrected chi connectivity index (χ0v) is 12.3. The highest BCUT2D eigenvalue weighted by Crippen LogP contribution is 2.20. The van der Waals surface area contributed by atoms with E-state index in [0.29, 0.717) is 12.1 Å². The van der Waals surface area contributed by atoms with E-state index in [4.69, 9.17) is 0 Å². The van der Waals surface area contributed by atoms with Gasteiger partial charge in [0.25, 0.3) is 0 Å². The van der Waals surface area contributed by atoms with Crippen molar-refractivity contribution >= 4 is 11.8 Å². The summed E-state index contributed by atoms with van der Waals surface area (Å²) in [5.41, 5.74) is 1.39. The van der Waals surface area contributed by atoms with Gasteiger partial charge in [-0.15, -0.1) is 11.8 Å². The zero-order valence-electron chi connectivity index (χ0n) is 11.5. The first-order chi connectivity index (χ1) is 8.21. The summed E-state index contributed by atoms with van der Waals surface area (Å²) in [6, 6.07) is 9.99. The summed E-state index contributed by atoms with van der Waals surface area (Å²) in [5, 5.41) is 3.71. The molecular weight excluding hydrogens is 226 g/mol. The van der Waals surface area contributed by atoms with E-state index in [1.165, 1.54) is 29.7 Å². The summed E-state index contributed by atoms with van der Waals surface area (Å²) < 4.78 is 0. The van der Waals surface area contributed by atoms with Crippen LogP contribution in [0.1, 0.15) is 51.6 Å². The third-order valence-electron chi connectivity index (χ3n) is 3.23. The summed E-state index contributed by atoms with van der Waals surface area (Å²) in [4.78, 5) is 1.33. The van der Waals surface area contributed by atoms with Crippen molar-refractivity contribution in [3.8, 4) is 0 Å². The first-order valence-corrected chi connectivity index (χ1v) is 7.83. The highest BCUT2D eigenvalue weighted by Gasteiger charge is 2.10. The fraction of sp³-hybridized carbons (Fsp3) is 0.600. The number of benzene rings is 1. The molecule has 0 aliphatic rings. The lowest BCUT2D eigenvalue weighted by Crippen LogP contribution is -2.30. The van der Waals surface area contributed by atoms with Crippen LogP contribution in [0.4, 0.5) is 0 Å². The van der Waals surface area contributed by atoms with Crippen LogP contribution in [0.15, 0.2) is 29.2 Å². The molecule has 0 radical (unpaired) electrons. The first kappa shape index (κ1) is 14.6. The lowest BCUT2D eigenvalue weighted by Gasteiger charge is -2.22. The predicted octanol–water partition coefficient (Wildman–Crippen LogP) is 4.64. The van der Waals surface area contributed by atoms with Gasteiger partial charge in [0.2, 0.25) is 0 Å². The number of rotatable bonds is 7. The van der Waals surface area contributed by atoms with Crippen LogP contribution in [0, 0.1) is 0 Å². The zero-order chi connectivity index (χ0) is 12.7. The molecular formula is C15H25NS. The minimum atomic E-state index is 0.447. The molecule has 1 rings (SSSR count). The van der Waals surface area contributed by atoms with E-state index >= 15 is 0 Å². The van der Waals surface area contributed by atoms with Crippen molar-refractivity contribution in [1.82, 2.24) is 5.32 Å². The number of thioether (sulfide) groups is 1. The van der Waals surface area contributed by atoms with Gasteiger partial charge in [0.1, 0.15) is 0 Å². The second-order valence-corrected chi connectivity index (χ2v) is 5.44. The van der Waals surface area contributed by atoms with Gasteiger partial charge in [-0.25, -0.2) is 0 Å². The van der Waals surface area contributed by atoms with E-state index < -0.39 is 0 Å². The van der Waals surface area contributed by atoms with E-state index in [9.17, 15) is 0 Å². The Bertz CT molecular complexity index is 307. The lowest BCUT2D eigenvalue weighted by atomic mass is 10.0. The molecule has 96 valence electrons. The molecule has 0 aromatic heterocycles. The summed E-state index contributed by atoms with van der Waals surface area (Å²) in [6.45, 7) is 6.77. The number of hydrogen-bond donors (Lipinski definition) is 1. The van der Waals surface area contributed by atoms with Crippen LogP contribution in [0.25, 0.3) is 0 Å². The molecule has 0 aliphatic heterocycles. The van der Waals surface area contributed by atoms with Crippen LogP contribution in [0.2, 0.25) is 0 Å². The Labute approximate surface area is 110 Å². The smallest absolute Gasteiger partial charge is 0.0294 e. The average molecular weight is 251 g/mol. The van der Waals surface area contributed by atoms with Crippen molar-refractivity contribution in [2.75, 3.05) is 6.26 Å². The molecule has 0 bridgehead atoms. The van der Waals surface area contributed by atoms with E-state index in [1.54, 1.807) is 11.8 Å². The van der Waals surface area contributed by atoms with Gasteiger partial charge < -0.3 is 5.32 Å². The predicted molar refractivity (Wildman–Crippen MR) is 78.8 cm³/mol. The molecule has 0 saturated carbocycles. The Balaban J connectivity index is 2.58. The fourth-order valence-electron chi connectivity index (χ4n) is 2.10. The highest BCUT2D eigenvalue weighted by molar-refractivity contribution is 7.98. The Morgan fingerprint density at radius 2 is 1.82 bits per heavy atom. The summed E-state index contributed by atoms with van der Waals surface area (Å²) in [6.07, 6.45) is 5.85. The van der Waals surface area contributed by atoms with Gasteiger partial charge >= 0.3 is 0 Å². The fourth-order valence-corrected chi connectivity index (χ4v) is 2.50. The molecule has 1 aromatic carbocycles. The van der Waals surface area contributed by atoms with E-state index in [1.807, 2.05) is 0 Å². The third-order valence-corrected chi connectivity index (χ3v) is 3.98. The number of hydrogen-bond acceptors (Lipinski definition) is 2. The van der Waals surface area contributed by atoms with E-state index in [-0.39, 0.29) is 0 Å². The second-order valence-electron chi connectivity index (χ2n) is 4.56. The van der Waals surface area contributed by atoms with Crippen molar-refractivity contribution in [1.29, 1.82) is 0 Å². The van der Waals surface area contributed by atoms with Crippen LogP contribution >= 0.6 is 11.8 Å². The molecule has 1 aromatic rings. The van der Waals surface area contributed by atoms with Crippen LogP contribution in [0.3, 0.4) is 0 Å². The molecule has 0 spiro atoms. The molecule has 0 amide bonds. The largest absolute Gasteiger partial charge is 0.307 e. The molecule has 2 atom stereocenters. The molecule has 0 aliphatic carbocycles. The van der Waals surface area contributed by atoms with Crippen LogP contribution < -0.4 is 5.32 Å². The Morgan fingerprint density at radius 3 is 2.29 bits per heavy atom. The van der Waals surface area contributed by atoms with Crippen molar-refractivity contribution in [3.05, 3.63) is 29.8 Å². The van der Waals surface area contributed by atoms with Gasteiger partial charge in [0, 0.05) is 17.0 Å². The molecule has 2 unspecified atom stereocenters. The Morgan fingerprint density at radius 1 is 1.18 bits per heavy atom. The molecule has 1 N–H and O–H groups in total. The molecule has 2 heteroatoms. The van der Waals surface area contributed by atoms with Crippen molar-refractivity contribution in [2.45, 2.75) is 57.0 Å². The van der Waals surface area contributed by atoms with Gasteiger partial charge in [0.05, 0.1) is 0 Å². The summed E-state index contributed by atoms with van der Waals surface area (Å²) in [5.74, 6) is 0. The summed E-state index contributed by atoms with van der Waals surface area (Å²) >= 11 is 1.80. The van der Waals surface area contributed by atoms with Crippen molar-refractivity contribution in [3.63, 3.8) is 0 Å². The monoisotopic (exact) mass is 251 g/mol. The summed E-state index contributed by atoms with van der Waals surface area (Å²) in [7, 11) is 0. The maximum atomic E-state index is 3.71. The van der Waals surface area contributed by atoms with E-state index in [2.05, 4.69) is 56.6 Å². The van der Waals surface area contributed by atoms with Crippen LogP contribution in [-0.2, 0) is 0 Å². The van der Waals surface area contributed by atoms with E-state index in [0.717, 1.165) is 0 Å². The molecule has 0 saturated heterocycles. The quantitative estimate of drug-likeness (QED) is 0.709. The second kappa shape index (κ2) is 7.78. The first-order valence-electron chi connectivity index (χ1n) is 6.61. The topological polar surface area (TPSA) is 12.0 Å². The average Bonchev–Trinajstić information content (AvgIpc) is 2.38. The molecule has 1 nitrogen and oxygen atoms in total. The Kier molecular flexibility index (Phi) is 6.68. The highest BCUT2D eigenvalue weighted by atomic mass is 32.2. The maximum absolute atomic E-state index is 3.71. The van der Waals surface area contributed by atoms with Gasteiger partial charge in [-0.1, -0.05) is 32.4 Å². The maximum Gasteiger partial charge on any atom is 0.0294 e. The molecule has 0 heterocycles.